The average molecular weight is 378 g/mol. The van der Waals surface area contributed by atoms with Crippen molar-refractivity contribution in [2.24, 2.45) is 0 Å². The van der Waals surface area contributed by atoms with Crippen LogP contribution in [0.1, 0.15) is 25.7 Å². The maximum absolute atomic E-state index is 12.3. The summed E-state index contributed by atoms with van der Waals surface area (Å²) in [6.07, 6.45) is 0.0469. The van der Waals surface area contributed by atoms with E-state index in [4.69, 9.17) is 0 Å². The third-order valence-corrected chi connectivity index (χ3v) is 5.43. The van der Waals surface area contributed by atoms with Crippen LogP contribution in [0.3, 0.4) is 0 Å². The van der Waals surface area contributed by atoms with Gasteiger partial charge >= 0.3 is 31.1 Å². The molecular weight excluding hydrogens is 366 g/mol. The minimum atomic E-state index is -5.79. The van der Waals surface area contributed by atoms with Crippen LogP contribution in [-0.4, -0.2) is 39.9 Å². The molecule has 14 heteroatoms. The van der Waals surface area contributed by atoms with Crippen molar-refractivity contribution in [1.29, 1.82) is 0 Å². The smallest absolute Gasteiger partial charge is 0.203 e. The van der Waals surface area contributed by atoms with Crippen LogP contribution in [0.15, 0.2) is 0 Å². The van der Waals surface area contributed by atoms with Crippen molar-refractivity contribution in [1.82, 2.24) is 9.44 Å². The molecule has 2 N–H and O–H groups in total. The first-order chi connectivity index (χ1) is 9.67. The maximum Gasteiger partial charge on any atom is 0.511 e. The second kappa shape index (κ2) is 6.13. The number of alkyl halides is 6. The first-order valence-electron chi connectivity index (χ1n) is 5.84. The van der Waals surface area contributed by atoms with Gasteiger partial charge in [-0.05, 0) is 12.8 Å². The van der Waals surface area contributed by atoms with Gasteiger partial charge in [-0.25, -0.2) is 26.3 Å². The third-order valence-electron chi connectivity index (χ3n) is 2.99. The zero-order chi connectivity index (χ0) is 17.4. The zero-order valence-corrected chi connectivity index (χ0v) is 12.3. The summed E-state index contributed by atoms with van der Waals surface area (Å²) in [4.78, 5) is 0. The Kier molecular flexibility index (Phi) is 5.42. The molecule has 0 aliphatic heterocycles. The van der Waals surface area contributed by atoms with Crippen LogP contribution in [0.5, 0.6) is 0 Å². The summed E-state index contributed by atoms with van der Waals surface area (Å²) in [5.74, 6) is 0. The van der Waals surface area contributed by atoms with E-state index in [-0.39, 0.29) is 25.7 Å². The van der Waals surface area contributed by atoms with Crippen LogP contribution in [0.2, 0.25) is 0 Å². The van der Waals surface area contributed by atoms with E-state index < -0.39 is 43.1 Å². The fraction of sp³-hybridized carbons (Fsp3) is 1.00. The lowest BCUT2D eigenvalue weighted by atomic mass is 9.92. The van der Waals surface area contributed by atoms with E-state index in [1.807, 2.05) is 0 Å². The fourth-order valence-corrected chi connectivity index (χ4v) is 3.57. The standard InChI is InChI=1S/C8H12F6N2O4S2/c9-7(10,11)21(17,18)15-5-3-1-2-4-6(5)16-22(19,20)8(12,13)14/h5-6,15-16H,1-4H2/t5-,6?/m1/s1. The Morgan fingerprint density at radius 2 is 0.955 bits per heavy atom. The van der Waals surface area contributed by atoms with Crippen molar-refractivity contribution in [3.05, 3.63) is 0 Å². The molecule has 0 saturated heterocycles. The minimum absolute atomic E-state index is 0.222. The molecule has 0 spiro atoms. The van der Waals surface area contributed by atoms with E-state index in [0.29, 0.717) is 0 Å². The summed E-state index contributed by atoms with van der Waals surface area (Å²) in [7, 11) is -11.6. The Bertz CT molecular complexity index is 543. The summed E-state index contributed by atoms with van der Waals surface area (Å²) in [6.45, 7) is 0. The second-order valence-corrected chi connectivity index (χ2v) is 8.04. The summed E-state index contributed by atoms with van der Waals surface area (Å²) in [5.41, 5.74) is -11.3. The van der Waals surface area contributed by atoms with Crippen molar-refractivity contribution < 1.29 is 43.2 Å². The molecule has 22 heavy (non-hydrogen) atoms. The largest absolute Gasteiger partial charge is 0.511 e. The minimum Gasteiger partial charge on any atom is -0.203 e. The third kappa shape index (κ3) is 4.45. The Morgan fingerprint density at radius 1 is 0.682 bits per heavy atom. The first-order valence-corrected chi connectivity index (χ1v) is 8.81. The summed E-state index contributed by atoms with van der Waals surface area (Å²) in [6, 6.07) is -3.23. The van der Waals surface area contributed by atoms with Crippen LogP contribution in [0, 0.1) is 0 Å². The molecule has 132 valence electrons. The van der Waals surface area contributed by atoms with E-state index in [1.165, 1.54) is 9.44 Å². The first kappa shape index (κ1) is 19.4. The second-order valence-electron chi connectivity index (χ2n) is 4.63. The molecule has 1 aliphatic rings. The fourth-order valence-electron chi connectivity index (χ4n) is 1.95. The topological polar surface area (TPSA) is 92.3 Å². The van der Waals surface area contributed by atoms with E-state index >= 15 is 0 Å². The van der Waals surface area contributed by atoms with Gasteiger partial charge in [0, 0.05) is 12.1 Å². The van der Waals surface area contributed by atoms with Crippen molar-refractivity contribution >= 4 is 20.0 Å². The molecule has 0 bridgehead atoms. The summed E-state index contributed by atoms with van der Waals surface area (Å²) in [5, 5.41) is 0. The van der Waals surface area contributed by atoms with Crippen LogP contribution < -0.4 is 9.44 Å². The Morgan fingerprint density at radius 3 is 1.18 bits per heavy atom. The van der Waals surface area contributed by atoms with Crippen molar-refractivity contribution in [2.75, 3.05) is 0 Å². The number of hydrogen-bond acceptors (Lipinski definition) is 4. The summed E-state index contributed by atoms with van der Waals surface area (Å²) >= 11 is 0. The number of sulfonamides is 2. The lowest BCUT2D eigenvalue weighted by Gasteiger charge is -2.32. The molecule has 1 aliphatic carbocycles. The lowest BCUT2D eigenvalue weighted by Crippen LogP contribution is -2.56. The van der Waals surface area contributed by atoms with Crippen LogP contribution >= 0.6 is 0 Å². The molecule has 1 fully saturated rings. The number of halogens is 6. The maximum atomic E-state index is 12.3. The molecule has 1 unspecified atom stereocenters. The Labute approximate surface area is 122 Å². The molecule has 1 rings (SSSR count). The van der Waals surface area contributed by atoms with Gasteiger partial charge in [0.05, 0.1) is 0 Å². The number of nitrogens with one attached hydrogen (secondary N) is 2. The quantitative estimate of drug-likeness (QED) is 0.719. The predicted octanol–water partition coefficient (Wildman–Crippen LogP) is 1.18. The highest BCUT2D eigenvalue weighted by atomic mass is 32.2. The van der Waals surface area contributed by atoms with Gasteiger partial charge in [-0.1, -0.05) is 12.8 Å². The van der Waals surface area contributed by atoms with Crippen LogP contribution in [-0.2, 0) is 20.0 Å². The van der Waals surface area contributed by atoms with Crippen molar-refractivity contribution in [3.8, 4) is 0 Å². The van der Waals surface area contributed by atoms with Crippen molar-refractivity contribution in [3.63, 3.8) is 0 Å². The van der Waals surface area contributed by atoms with Gasteiger partial charge in [-0.2, -0.15) is 26.3 Å². The molecular formula is C8H12F6N2O4S2. The molecule has 1 saturated carbocycles. The molecule has 2 atom stereocenters. The van der Waals surface area contributed by atoms with E-state index in [0.717, 1.165) is 0 Å². The lowest BCUT2D eigenvalue weighted by molar-refractivity contribution is -0.0467. The highest BCUT2D eigenvalue weighted by molar-refractivity contribution is 7.90. The molecule has 0 amide bonds. The van der Waals surface area contributed by atoms with Gasteiger partial charge in [-0.15, -0.1) is 0 Å². The monoisotopic (exact) mass is 378 g/mol. The molecule has 0 radical (unpaired) electrons. The molecule has 6 nitrogen and oxygen atoms in total. The number of rotatable bonds is 4. The SMILES string of the molecule is O=S(=O)(NC1CCCC[C@H]1NS(=O)(=O)C(F)(F)F)C(F)(F)F. The van der Waals surface area contributed by atoms with Gasteiger partial charge in [0.1, 0.15) is 0 Å². The normalized spacial score (nSPS) is 25.2. The van der Waals surface area contributed by atoms with Crippen molar-refractivity contribution in [2.45, 2.75) is 48.8 Å². The predicted molar refractivity (Wildman–Crippen MR) is 62.3 cm³/mol. The molecule has 0 aromatic rings. The molecule has 0 aromatic carbocycles. The Hall–Kier alpha value is -0.600. The highest BCUT2D eigenvalue weighted by Crippen LogP contribution is 2.28. The number of hydrogen-bond donors (Lipinski definition) is 2. The van der Waals surface area contributed by atoms with Crippen LogP contribution in [0.4, 0.5) is 26.3 Å². The van der Waals surface area contributed by atoms with E-state index in [1.54, 1.807) is 0 Å². The zero-order valence-electron chi connectivity index (χ0n) is 10.7. The van der Waals surface area contributed by atoms with Gasteiger partial charge in [0.15, 0.2) is 0 Å². The molecule has 0 heterocycles. The van der Waals surface area contributed by atoms with E-state index in [2.05, 4.69) is 0 Å². The van der Waals surface area contributed by atoms with Gasteiger partial charge in [0.2, 0.25) is 0 Å². The average Bonchev–Trinajstić information content (AvgIpc) is 2.28. The highest BCUT2D eigenvalue weighted by Gasteiger charge is 2.50. The Balaban J connectivity index is 2.95. The van der Waals surface area contributed by atoms with Gasteiger partial charge in [-0.3, -0.25) is 0 Å². The van der Waals surface area contributed by atoms with Crippen LogP contribution in [0.25, 0.3) is 0 Å². The van der Waals surface area contributed by atoms with E-state index in [9.17, 15) is 43.2 Å². The molecule has 0 aromatic heterocycles. The van der Waals surface area contributed by atoms with Gasteiger partial charge in [0.25, 0.3) is 0 Å². The summed E-state index contributed by atoms with van der Waals surface area (Å²) < 4.78 is 120. The van der Waals surface area contributed by atoms with Gasteiger partial charge < -0.3 is 0 Å².